The summed E-state index contributed by atoms with van der Waals surface area (Å²) in [6.07, 6.45) is 0. The van der Waals surface area contributed by atoms with E-state index in [1.807, 2.05) is 4.90 Å². The van der Waals surface area contributed by atoms with Gasteiger partial charge in [0.15, 0.2) is 0 Å². The Morgan fingerprint density at radius 2 is 2.24 bits per heavy atom. The minimum Gasteiger partial charge on any atom is -0.366 e. The van der Waals surface area contributed by atoms with Crippen molar-refractivity contribution in [3.05, 3.63) is 17.0 Å². The summed E-state index contributed by atoms with van der Waals surface area (Å²) in [7, 11) is 0. The molecule has 2 rings (SSSR count). The Bertz CT molecular complexity index is 439. The number of carbonyl (C=O) groups is 2. The lowest BCUT2D eigenvalue weighted by atomic mass is 10.1. The van der Waals surface area contributed by atoms with E-state index < -0.39 is 5.91 Å². The van der Waals surface area contributed by atoms with Gasteiger partial charge in [-0.2, -0.15) is 0 Å². The van der Waals surface area contributed by atoms with Gasteiger partial charge in [-0.25, -0.2) is 0 Å². The van der Waals surface area contributed by atoms with Crippen LogP contribution in [0.15, 0.2) is 11.4 Å². The number of anilines is 1. The number of likely N-dealkylation sites (tertiary alicyclic amines) is 1. The van der Waals surface area contributed by atoms with E-state index in [1.165, 1.54) is 11.3 Å². The Kier molecular flexibility index (Phi) is 3.41. The minimum absolute atomic E-state index is 0.151. The maximum Gasteiger partial charge on any atom is 0.251 e. The van der Waals surface area contributed by atoms with Crippen molar-refractivity contribution in [1.29, 1.82) is 0 Å². The number of carbonyl (C=O) groups excluding carboxylic acids is 2. The summed E-state index contributed by atoms with van der Waals surface area (Å²) < 4.78 is 0. The van der Waals surface area contributed by atoms with E-state index in [4.69, 9.17) is 11.5 Å². The second kappa shape index (κ2) is 4.82. The minimum atomic E-state index is -0.535. The van der Waals surface area contributed by atoms with E-state index in [0.717, 1.165) is 13.1 Å². The molecule has 0 saturated carbocycles. The quantitative estimate of drug-likeness (QED) is 0.669. The molecule has 0 unspecified atom stereocenters. The Morgan fingerprint density at radius 3 is 2.82 bits per heavy atom. The highest BCUT2D eigenvalue weighted by atomic mass is 32.1. The first-order valence-corrected chi connectivity index (χ1v) is 6.09. The van der Waals surface area contributed by atoms with E-state index in [0.29, 0.717) is 17.1 Å². The zero-order valence-electron chi connectivity index (χ0n) is 9.18. The first-order valence-electron chi connectivity index (χ1n) is 5.21. The van der Waals surface area contributed by atoms with Crippen LogP contribution in [-0.4, -0.2) is 42.4 Å². The van der Waals surface area contributed by atoms with Crippen LogP contribution in [0.4, 0.5) is 5.00 Å². The van der Waals surface area contributed by atoms with Gasteiger partial charge < -0.3 is 16.8 Å². The van der Waals surface area contributed by atoms with Crippen LogP contribution in [-0.2, 0) is 4.79 Å². The third-order valence-corrected chi connectivity index (χ3v) is 3.37. The van der Waals surface area contributed by atoms with Crippen molar-refractivity contribution < 1.29 is 9.59 Å². The van der Waals surface area contributed by atoms with E-state index in [9.17, 15) is 9.59 Å². The fourth-order valence-corrected chi connectivity index (χ4v) is 2.52. The number of nitrogens with zero attached hydrogens (tertiary/aromatic N) is 1. The third-order valence-electron chi connectivity index (χ3n) is 2.54. The number of amides is 2. The predicted molar refractivity (Wildman–Crippen MR) is 65.9 cm³/mol. The highest BCUT2D eigenvalue weighted by Gasteiger charge is 2.25. The molecule has 2 heterocycles. The largest absolute Gasteiger partial charge is 0.366 e. The second-order valence-electron chi connectivity index (χ2n) is 4.03. The molecule has 0 aliphatic carbocycles. The zero-order valence-corrected chi connectivity index (χ0v) is 10.00. The van der Waals surface area contributed by atoms with Crippen molar-refractivity contribution in [2.24, 2.45) is 11.5 Å². The average molecular weight is 254 g/mol. The van der Waals surface area contributed by atoms with Crippen molar-refractivity contribution >= 4 is 28.2 Å². The molecule has 0 atom stereocenters. The summed E-state index contributed by atoms with van der Waals surface area (Å²) in [5.74, 6) is -0.686. The molecule has 1 fully saturated rings. The molecule has 5 N–H and O–H groups in total. The number of thiophene rings is 1. The Morgan fingerprint density at radius 1 is 1.53 bits per heavy atom. The summed E-state index contributed by atoms with van der Waals surface area (Å²) in [4.78, 5) is 24.6. The molecule has 0 radical (unpaired) electrons. The summed E-state index contributed by atoms with van der Waals surface area (Å²) in [5.41, 5.74) is 11.1. The molecule has 0 aromatic carbocycles. The number of hydrogen-bond acceptors (Lipinski definition) is 5. The highest BCUT2D eigenvalue weighted by Crippen LogP contribution is 2.22. The summed E-state index contributed by atoms with van der Waals surface area (Å²) >= 11 is 1.28. The first kappa shape index (κ1) is 12.0. The lowest BCUT2D eigenvalue weighted by Crippen LogP contribution is -2.57. The topological polar surface area (TPSA) is 101 Å². The Balaban J connectivity index is 1.89. The Hall–Kier alpha value is -1.44. The molecule has 1 aromatic heterocycles. The van der Waals surface area contributed by atoms with Crippen molar-refractivity contribution in [3.63, 3.8) is 0 Å². The van der Waals surface area contributed by atoms with Crippen LogP contribution in [0, 0.1) is 0 Å². The fraction of sp³-hybridized carbons (Fsp3) is 0.400. The Labute approximate surface area is 103 Å². The number of nitrogens with one attached hydrogen (secondary N) is 1. The van der Waals surface area contributed by atoms with Gasteiger partial charge in [-0.1, -0.05) is 0 Å². The predicted octanol–water partition coefficient (Wildman–Crippen LogP) is -0.572. The fourth-order valence-electron chi connectivity index (χ4n) is 1.71. The normalized spacial score (nSPS) is 16.5. The molecule has 7 heteroatoms. The van der Waals surface area contributed by atoms with Gasteiger partial charge in [0.2, 0.25) is 5.91 Å². The lowest BCUT2D eigenvalue weighted by Gasteiger charge is -2.35. The van der Waals surface area contributed by atoms with E-state index in [1.54, 1.807) is 11.4 Å². The van der Waals surface area contributed by atoms with Crippen molar-refractivity contribution in [2.75, 3.05) is 25.0 Å². The molecule has 1 saturated heterocycles. The molecule has 92 valence electrons. The molecule has 2 amide bonds. The van der Waals surface area contributed by atoms with Gasteiger partial charge in [0.05, 0.1) is 12.1 Å². The van der Waals surface area contributed by atoms with Crippen LogP contribution in [0.2, 0.25) is 0 Å². The molecule has 1 aliphatic rings. The van der Waals surface area contributed by atoms with Gasteiger partial charge >= 0.3 is 0 Å². The molecule has 1 aromatic rings. The average Bonchev–Trinajstić information content (AvgIpc) is 2.63. The van der Waals surface area contributed by atoms with Crippen LogP contribution in [0.5, 0.6) is 0 Å². The second-order valence-corrected chi connectivity index (χ2v) is 4.95. The molecule has 0 bridgehead atoms. The number of hydrogen-bond donors (Lipinski definition) is 3. The van der Waals surface area contributed by atoms with Gasteiger partial charge in [-0.3, -0.25) is 14.5 Å². The van der Waals surface area contributed by atoms with E-state index in [-0.39, 0.29) is 11.9 Å². The number of rotatable bonds is 4. The maximum atomic E-state index is 11.7. The number of nitrogens with two attached hydrogens (primary N) is 2. The summed E-state index contributed by atoms with van der Waals surface area (Å²) in [5, 5.41) is 4.91. The monoisotopic (exact) mass is 254 g/mol. The summed E-state index contributed by atoms with van der Waals surface area (Å²) in [6.45, 7) is 1.77. The number of primary amides is 1. The van der Waals surface area contributed by atoms with Crippen LogP contribution in [0.25, 0.3) is 0 Å². The molecule has 1 aliphatic heterocycles. The first-order chi connectivity index (χ1) is 8.06. The van der Waals surface area contributed by atoms with Gasteiger partial charge in [0.1, 0.15) is 5.00 Å². The molecular formula is C10H14N4O2S. The van der Waals surface area contributed by atoms with Crippen LogP contribution < -0.4 is 16.8 Å². The van der Waals surface area contributed by atoms with Crippen LogP contribution in [0.3, 0.4) is 0 Å². The summed E-state index contributed by atoms with van der Waals surface area (Å²) in [6, 6.07) is 1.77. The maximum absolute atomic E-state index is 11.7. The van der Waals surface area contributed by atoms with Crippen molar-refractivity contribution in [2.45, 2.75) is 6.04 Å². The van der Waals surface area contributed by atoms with Gasteiger partial charge in [-0.05, 0) is 11.4 Å². The van der Waals surface area contributed by atoms with E-state index >= 15 is 0 Å². The smallest absolute Gasteiger partial charge is 0.251 e. The zero-order chi connectivity index (χ0) is 12.4. The highest BCUT2D eigenvalue weighted by molar-refractivity contribution is 7.14. The van der Waals surface area contributed by atoms with Gasteiger partial charge in [0.25, 0.3) is 5.91 Å². The van der Waals surface area contributed by atoms with Crippen molar-refractivity contribution in [3.8, 4) is 0 Å². The van der Waals surface area contributed by atoms with Gasteiger partial charge in [-0.15, -0.1) is 11.3 Å². The third kappa shape index (κ3) is 2.82. The molecule has 0 spiro atoms. The van der Waals surface area contributed by atoms with Crippen LogP contribution in [0.1, 0.15) is 10.4 Å². The molecule has 6 nitrogen and oxygen atoms in total. The standard InChI is InChI=1S/C10H14N4O2S/c11-6-3-14(4-6)5-8(15)13-10-7(9(12)16)1-2-17-10/h1-2,6H,3-5,11H2,(H2,12,16)(H,13,15). The molecular weight excluding hydrogens is 240 g/mol. The van der Waals surface area contributed by atoms with Crippen molar-refractivity contribution in [1.82, 2.24) is 4.90 Å². The van der Waals surface area contributed by atoms with Gasteiger partial charge in [0, 0.05) is 19.1 Å². The molecule has 17 heavy (non-hydrogen) atoms. The lowest BCUT2D eigenvalue weighted by molar-refractivity contribution is -0.118. The SMILES string of the molecule is NC(=O)c1ccsc1NC(=O)CN1CC(N)C1. The van der Waals surface area contributed by atoms with Crippen LogP contribution >= 0.6 is 11.3 Å². The van der Waals surface area contributed by atoms with E-state index in [2.05, 4.69) is 5.32 Å².